The molecule has 2 heterocycles. The van der Waals surface area contributed by atoms with Crippen LogP contribution in [0, 0.1) is 6.92 Å². The van der Waals surface area contributed by atoms with E-state index in [9.17, 15) is 4.79 Å². The lowest BCUT2D eigenvalue weighted by molar-refractivity contribution is 0.0690. The zero-order valence-electron chi connectivity index (χ0n) is 10.00. The second-order valence-corrected chi connectivity index (χ2v) is 4.63. The molecule has 92 valence electrons. The quantitative estimate of drug-likeness (QED) is 0.898. The minimum atomic E-state index is -1.01. The zero-order valence-corrected chi connectivity index (χ0v) is 10.00. The first-order valence-electron chi connectivity index (χ1n) is 5.89. The number of aryl methyl sites for hydroxylation is 1. The minimum Gasteiger partial charge on any atom is -0.477 e. The zero-order chi connectivity index (χ0) is 12.7. The van der Waals surface area contributed by atoms with Crippen LogP contribution in [0.15, 0.2) is 24.7 Å². The second kappa shape index (κ2) is 3.94. The number of hydrogen-bond donors (Lipinski definition) is 1. The standard InChI is InChI=1S/C13H13N3O2/c1-8-5-14-12(13(17)18)4-11(8)9-6-15-16(7-9)10-2-3-10/h4-7,10H,2-3H2,1H3,(H,17,18). The third-order valence-electron chi connectivity index (χ3n) is 3.16. The smallest absolute Gasteiger partial charge is 0.354 e. The van der Waals surface area contributed by atoms with Gasteiger partial charge < -0.3 is 5.11 Å². The number of rotatable bonds is 3. The Balaban J connectivity index is 2.03. The van der Waals surface area contributed by atoms with E-state index in [1.165, 1.54) is 12.8 Å². The molecule has 1 N–H and O–H groups in total. The Hall–Kier alpha value is -2.17. The van der Waals surface area contributed by atoms with E-state index in [2.05, 4.69) is 10.1 Å². The van der Waals surface area contributed by atoms with Crippen LogP contribution < -0.4 is 0 Å². The topological polar surface area (TPSA) is 68.0 Å². The summed E-state index contributed by atoms with van der Waals surface area (Å²) >= 11 is 0. The SMILES string of the molecule is Cc1cnc(C(=O)O)cc1-c1cnn(C2CC2)c1. The van der Waals surface area contributed by atoms with E-state index in [1.54, 1.807) is 18.5 Å². The Bertz CT molecular complexity index is 614. The number of aromatic nitrogens is 3. The number of pyridine rings is 1. The molecule has 2 aromatic heterocycles. The molecule has 5 heteroatoms. The van der Waals surface area contributed by atoms with Gasteiger partial charge in [0.25, 0.3) is 0 Å². The summed E-state index contributed by atoms with van der Waals surface area (Å²) < 4.78 is 1.95. The molecule has 18 heavy (non-hydrogen) atoms. The van der Waals surface area contributed by atoms with Crippen molar-refractivity contribution in [3.63, 3.8) is 0 Å². The molecule has 0 saturated heterocycles. The number of nitrogens with zero attached hydrogens (tertiary/aromatic N) is 3. The summed E-state index contributed by atoms with van der Waals surface area (Å²) in [6.45, 7) is 1.92. The van der Waals surface area contributed by atoms with Gasteiger partial charge in [0.05, 0.1) is 12.2 Å². The molecule has 0 spiro atoms. The highest BCUT2D eigenvalue weighted by molar-refractivity contribution is 5.87. The van der Waals surface area contributed by atoms with Crippen LogP contribution in [0.2, 0.25) is 0 Å². The minimum absolute atomic E-state index is 0.0646. The molecule has 0 radical (unpaired) electrons. The van der Waals surface area contributed by atoms with Gasteiger partial charge in [-0.2, -0.15) is 5.10 Å². The Morgan fingerprint density at radius 3 is 2.89 bits per heavy atom. The Morgan fingerprint density at radius 1 is 1.44 bits per heavy atom. The van der Waals surface area contributed by atoms with Crippen molar-refractivity contribution >= 4 is 5.97 Å². The molecular formula is C13H13N3O2. The van der Waals surface area contributed by atoms with E-state index in [0.29, 0.717) is 6.04 Å². The highest BCUT2D eigenvalue weighted by Gasteiger charge is 2.24. The maximum atomic E-state index is 10.9. The molecule has 0 atom stereocenters. The second-order valence-electron chi connectivity index (χ2n) is 4.63. The van der Waals surface area contributed by atoms with Crippen LogP contribution in [0.3, 0.4) is 0 Å². The monoisotopic (exact) mass is 243 g/mol. The van der Waals surface area contributed by atoms with Gasteiger partial charge >= 0.3 is 5.97 Å². The van der Waals surface area contributed by atoms with Crippen LogP contribution in [0.1, 0.15) is 34.9 Å². The van der Waals surface area contributed by atoms with Crippen LogP contribution in [-0.4, -0.2) is 25.8 Å². The van der Waals surface area contributed by atoms with Gasteiger partial charge in [0.15, 0.2) is 0 Å². The third-order valence-corrected chi connectivity index (χ3v) is 3.16. The van der Waals surface area contributed by atoms with E-state index >= 15 is 0 Å². The molecule has 3 rings (SSSR count). The fraction of sp³-hybridized carbons (Fsp3) is 0.308. The van der Waals surface area contributed by atoms with E-state index < -0.39 is 5.97 Å². The van der Waals surface area contributed by atoms with Gasteiger partial charge in [0, 0.05) is 18.0 Å². The van der Waals surface area contributed by atoms with Crippen LogP contribution in [0.25, 0.3) is 11.1 Å². The highest BCUT2D eigenvalue weighted by Crippen LogP contribution is 2.35. The first-order valence-corrected chi connectivity index (χ1v) is 5.89. The van der Waals surface area contributed by atoms with Gasteiger partial charge in [-0.1, -0.05) is 0 Å². The Kier molecular flexibility index (Phi) is 2.40. The van der Waals surface area contributed by atoms with Crippen molar-refractivity contribution in [1.29, 1.82) is 0 Å². The van der Waals surface area contributed by atoms with Crippen molar-refractivity contribution in [2.45, 2.75) is 25.8 Å². The highest BCUT2D eigenvalue weighted by atomic mass is 16.4. The van der Waals surface area contributed by atoms with E-state index in [0.717, 1.165) is 16.7 Å². The van der Waals surface area contributed by atoms with Gasteiger partial charge in [-0.3, -0.25) is 4.68 Å². The van der Waals surface area contributed by atoms with Gasteiger partial charge in [0.1, 0.15) is 5.69 Å². The van der Waals surface area contributed by atoms with Crippen molar-refractivity contribution in [1.82, 2.24) is 14.8 Å². The maximum Gasteiger partial charge on any atom is 0.354 e. The van der Waals surface area contributed by atoms with E-state index in [4.69, 9.17) is 5.11 Å². The average molecular weight is 243 g/mol. The molecule has 0 aliphatic heterocycles. The van der Waals surface area contributed by atoms with Gasteiger partial charge in [-0.05, 0) is 37.0 Å². The summed E-state index contributed by atoms with van der Waals surface area (Å²) in [6.07, 6.45) is 7.71. The third kappa shape index (κ3) is 1.88. The summed E-state index contributed by atoms with van der Waals surface area (Å²) in [6, 6.07) is 2.13. The van der Waals surface area contributed by atoms with Gasteiger partial charge in [-0.15, -0.1) is 0 Å². The maximum absolute atomic E-state index is 10.9. The number of carboxylic acids is 1. The average Bonchev–Trinajstić information content (AvgIpc) is 3.08. The predicted molar refractivity (Wildman–Crippen MR) is 65.4 cm³/mol. The first-order chi connectivity index (χ1) is 8.65. The van der Waals surface area contributed by atoms with Gasteiger partial charge in [-0.25, -0.2) is 9.78 Å². The van der Waals surface area contributed by atoms with Gasteiger partial charge in [0.2, 0.25) is 0 Å². The lowest BCUT2D eigenvalue weighted by Gasteiger charge is -2.03. The summed E-state index contributed by atoms with van der Waals surface area (Å²) in [7, 11) is 0. The molecule has 0 unspecified atom stereocenters. The van der Waals surface area contributed by atoms with Crippen LogP contribution >= 0.6 is 0 Å². The van der Waals surface area contributed by atoms with Crippen LogP contribution in [0.5, 0.6) is 0 Å². The number of carboxylic acid groups (broad SMARTS) is 1. The van der Waals surface area contributed by atoms with E-state index in [1.807, 2.05) is 17.8 Å². The molecule has 2 aromatic rings. The van der Waals surface area contributed by atoms with Crippen molar-refractivity contribution in [2.24, 2.45) is 0 Å². The number of carbonyl (C=O) groups is 1. The molecule has 1 fully saturated rings. The Morgan fingerprint density at radius 2 is 2.22 bits per heavy atom. The fourth-order valence-corrected chi connectivity index (χ4v) is 1.97. The van der Waals surface area contributed by atoms with Crippen LogP contribution in [0.4, 0.5) is 0 Å². The normalized spacial score (nSPS) is 14.7. The molecule has 0 aromatic carbocycles. The summed E-state index contributed by atoms with van der Waals surface area (Å²) in [5.41, 5.74) is 2.85. The van der Waals surface area contributed by atoms with Crippen LogP contribution in [-0.2, 0) is 0 Å². The van der Waals surface area contributed by atoms with Crippen molar-refractivity contribution in [3.8, 4) is 11.1 Å². The lowest BCUT2D eigenvalue weighted by atomic mass is 10.1. The first kappa shape index (κ1) is 11.0. The van der Waals surface area contributed by atoms with Crippen molar-refractivity contribution < 1.29 is 9.90 Å². The summed E-state index contributed by atoms with van der Waals surface area (Å²) in [4.78, 5) is 14.8. The predicted octanol–water partition coefficient (Wildman–Crippen LogP) is 2.29. The Labute approximate surface area is 104 Å². The lowest BCUT2D eigenvalue weighted by Crippen LogP contribution is -2.01. The molecule has 0 bridgehead atoms. The summed E-state index contributed by atoms with van der Waals surface area (Å²) in [5, 5.41) is 13.3. The molecule has 0 amide bonds. The molecule has 1 saturated carbocycles. The molecule has 1 aliphatic carbocycles. The van der Waals surface area contributed by atoms with Crippen molar-refractivity contribution in [3.05, 3.63) is 35.9 Å². The number of aromatic carboxylic acids is 1. The summed E-state index contributed by atoms with van der Waals surface area (Å²) in [5.74, 6) is -1.01. The molecular weight excluding hydrogens is 230 g/mol. The molecule has 5 nitrogen and oxygen atoms in total. The van der Waals surface area contributed by atoms with Crippen molar-refractivity contribution in [2.75, 3.05) is 0 Å². The number of hydrogen-bond acceptors (Lipinski definition) is 3. The fourth-order valence-electron chi connectivity index (χ4n) is 1.97. The largest absolute Gasteiger partial charge is 0.477 e. The van der Waals surface area contributed by atoms with E-state index in [-0.39, 0.29) is 5.69 Å². The molecule has 1 aliphatic rings.